The number of H-pyrrole nitrogens is 1. The summed E-state index contributed by atoms with van der Waals surface area (Å²) in [4.78, 5) is 6.21. The number of benzene rings is 2. The molecule has 0 saturated heterocycles. The van der Waals surface area contributed by atoms with Crippen molar-refractivity contribution in [3.63, 3.8) is 0 Å². The Balaban J connectivity index is 1.71. The van der Waals surface area contributed by atoms with Crippen molar-refractivity contribution >= 4 is 32.9 Å². The molecule has 32 heavy (non-hydrogen) atoms. The van der Waals surface area contributed by atoms with Crippen molar-refractivity contribution in [1.29, 1.82) is 0 Å². The topological polar surface area (TPSA) is 37.1 Å². The van der Waals surface area contributed by atoms with Crippen LogP contribution in [0.25, 0.3) is 21.4 Å². The number of rotatable bonds is 9. The molecule has 5 nitrogen and oxygen atoms in total. The zero-order valence-electron chi connectivity index (χ0n) is 19.3. The standard InChI is InChI=1S/C26H32N4OS/c1-4-28(5-2)19-20-30-24-10-7-6-9-23(24)27-26-25(32-30)11-8-17-29(26)18-16-21-12-14-22(31-3)15-13-21/h6-15,17H,4-5,16,18-20H2,1-3H3/p+1. The van der Waals surface area contributed by atoms with Crippen LogP contribution in [-0.2, 0) is 19.5 Å². The highest BCUT2D eigenvalue weighted by Gasteiger charge is 2.12. The number of aromatic nitrogens is 3. The molecule has 0 unspecified atom stereocenters. The number of nitrogens with zero attached hydrogens (tertiary/aromatic N) is 3. The van der Waals surface area contributed by atoms with Crippen LogP contribution in [0.2, 0.25) is 0 Å². The third-order valence-corrected chi connectivity index (χ3v) is 7.11. The van der Waals surface area contributed by atoms with Gasteiger partial charge < -0.3 is 9.64 Å². The molecule has 6 heteroatoms. The molecule has 0 aliphatic carbocycles. The summed E-state index contributed by atoms with van der Waals surface area (Å²) in [5.74, 6) is 0.898. The van der Waals surface area contributed by atoms with Crippen LogP contribution in [0, 0.1) is 0 Å². The molecular weight excluding hydrogens is 416 g/mol. The molecule has 2 aromatic carbocycles. The quantitative estimate of drug-likeness (QED) is 0.357. The Hall–Kier alpha value is -2.83. The van der Waals surface area contributed by atoms with Gasteiger partial charge >= 0.3 is 0 Å². The van der Waals surface area contributed by atoms with E-state index in [0.29, 0.717) is 0 Å². The van der Waals surface area contributed by atoms with Gasteiger partial charge in [0.1, 0.15) is 16.0 Å². The van der Waals surface area contributed by atoms with Crippen LogP contribution in [0.15, 0.2) is 66.9 Å². The zero-order chi connectivity index (χ0) is 22.3. The summed E-state index contributed by atoms with van der Waals surface area (Å²) in [6, 6.07) is 21.3. The maximum absolute atomic E-state index is 5.29. The number of hydrogen-bond donors (Lipinski definition) is 1. The van der Waals surface area contributed by atoms with Crippen molar-refractivity contribution in [2.45, 2.75) is 33.4 Å². The van der Waals surface area contributed by atoms with Crippen molar-refractivity contribution in [2.24, 2.45) is 0 Å². The van der Waals surface area contributed by atoms with Crippen molar-refractivity contribution in [2.75, 3.05) is 26.7 Å². The number of aromatic amines is 1. The summed E-state index contributed by atoms with van der Waals surface area (Å²) in [5, 5.41) is 0. The lowest BCUT2D eigenvalue weighted by molar-refractivity contribution is -0.672. The van der Waals surface area contributed by atoms with Crippen LogP contribution in [0.1, 0.15) is 19.4 Å². The average molecular weight is 450 g/mol. The first-order valence-electron chi connectivity index (χ1n) is 11.4. The van der Waals surface area contributed by atoms with Gasteiger partial charge in [0, 0.05) is 19.5 Å². The van der Waals surface area contributed by atoms with Crippen LogP contribution < -0.4 is 9.30 Å². The van der Waals surface area contributed by atoms with E-state index in [4.69, 9.17) is 4.74 Å². The summed E-state index contributed by atoms with van der Waals surface area (Å²) >= 11 is 1.83. The third kappa shape index (κ3) is 5.14. The molecule has 2 aromatic heterocycles. The Kier molecular flexibility index (Phi) is 7.45. The first-order valence-corrected chi connectivity index (χ1v) is 12.2. The normalized spacial score (nSPS) is 11.4. The largest absolute Gasteiger partial charge is 0.497 e. The van der Waals surface area contributed by atoms with Gasteiger partial charge in [-0.3, -0.25) is 3.96 Å². The van der Waals surface area contributed by atoms with E-state index in [-0.39, 0.29) is 0 Å². The first kappa shape index (κ1) is 22.4. The fourth-order valence-electron chi connectivity index (χ4n) is 3.99. The van der Waals surface area contributed by atoms with Crippen LogP contribution in [0.5, 0.6) is 5.75 Å². The lowest BCUT2D eigenvalue weighted by Gasteiger charge is -2.18. The van der Waals surface area contributed by atoms with E-state index in [0.717, 1.165) is 56.1 Å². The van der Waals surface area contributed by atoms with Crippen LogP contribution in [0.3, 0.4) is 0 Å². The molecule has 0 atom stereocenters. The number of likely N-dealkylation sites (N-methyl/N-ethyl adjacent to an activating group) is 1. The highest BCUT2D eigenvalue weighted by Crippen LogP contribution is 2.20. The van der Waals surface area contributed by atoms with Crippen LogP contribution >= 0.6 is 11.5 Å². The Morgan fingerprint density at radius 2 is 1.78 bits per heavy atom. The fourth-order valence-corrected chi connectivity index (χ4v) is 5.06. The molecular formula is C26H33N4OS+. The maximum Gasteiger partial charge on any atom is 0.298 e. The third-order valence-electron chi connectivity index (χ3n) is 5.98. The van der Waals surface area contributed by atoms with Gasteiger partial charge in [-0.2, -0.15) is 0 Å². The summed E-state index contributed by atoms with van der Waals surface area (Å²) < 4.78 is 11.3. The van der Waals surface area contributed by atoms with Gasteiger partial charge in [-0.15, -0.1) is 0 Å². The molecule has 0 spiro atoms. The van der Waals surface area contributed by atoms with E-state index in [9.17, 15) is 0 Å². The monoisotopic (exact) mass is 449 g/mol. The second kappa shape index (κ2) is 10.7. The molecule has 0 bridgehead atoms. The molecule has 0 aliphatic heterocycles. The predicted octanol–water partition coefficient (Wildman–Crippen LogP) is 5.19. The van der Waals surface area contributed by atoms with E-state index >= 15 is 0 Å². The smallest absolute Gasteiger partial charge is 0.298 e. The van der Waals surface area contributed by atoms with E-state index < -0.39 is 0 Å². The van der Waals surface area contributed by atoms with Crippen molar-refractivity contribution in [3.8, 4) is 5.75 Å². The molecule has 4 aromatic rings. The first-order chi connectivity index (χ1) is 15.7. The number of methoxy groups -OCH3 is 1. The van der Waals surface area contributed by atoms with Gasteiger partial charge in [0.05, 0.1) is 25.4 Å². The minimum atomic E-state index is 0.898. The number of para-hydroxylation sites is 2. The minimum Gasteiger partial charge on any atom is -0.497 e. The maximum atomic E-state index is 5.29. The zero-order valence-corrected chi connectivity index (χ0v) is 20.1. The molecule has 0 aliphatic rings. The van der Waals surface area contributed by atoms with Crippen LogP contribution in [0.4, 0.5) is 0 Å². The number of pyridine rings is 1. The van der Waals surface area contributed by atoms with Gasteiger partial charge in [0.2, 0.25) is 0 Å². The lowest BCUT2D eigenvalue weighted by atomic mass is 10.1. The number of hydrogen-bond acceptors (Lipinski definition) is 3. The average Bonchev–Trinajstić information content (AvgIpc) is 3.00. The molecule has 168 valence electrons. The summed E-state index contributed by atoms with van der Waals surface area (Å²) in [5.41, 5.74) is 4.85. The van der Waals surface area contributed by atoms with Gasteiger partial charge in [-0.05, 0) is 55.1 Å². The number of fused-ring (bicyclic) bond motifs is 2. The van der Waals surface area contributed by atoms with Gasteiger partial charge in [-0.25, -0.2) is 9.55 Å². The van der Waals surface area contributed by atoms with Crippen molar-refractivity contribution in [1.82, 2.24) is 13.8 Å². The molecule has 2 heterocycles. The molecule has 0 radical (unpaired) electrons. The molecule has 0 amide bonds. The molecule has 4 rings (SSSR count). The Morgan fingerprint density at radius 3 is 2.53 bits per heavy atom. The number of ether oxygens (including phenoxy) is 1. The van der Waals surface area contributed by atoms with E-state index in [1.165, 1.54) is 15.8 Å². The molecule has 0 fully saturated rings. The van der Waals surface area contributed by atoms with Crippen LogP contribution in [-0.4, -0.2) is 40.6 Å². The second-order valence-corrected chi connectivity index (χ2v) is 8.94. The highest BCUT2D eigenvalue weighted by atomic mass is 32.1. The van der Waals surface area contributed by atoms with Crippen molar-refractivity contribution in [3.05, 3.63) is 72.4 Å². The molecule has 1 N–H and O–H groups in total. The number of nitrogens with one attached hydrogen (secondary N) is 1. The lowest BCUT2D eigenvalue weighted by Crippen LogP contribution is -2.35. The summed E-state index contributed by atoms with van der Waals surface area (Å²) in [6.45, 7) is 9.56. The van der Waals surface area contributed by atoms with Crippen molar-refractivity contribution < 1.29 is 9.30 Å². The summed E-state index contributed by atoms with van der Waals surface area (Å²) in [7, 11) is 1.70. The highest BCUT2D eigenvalue weighted by molar-refractivity contribution is 7.13. The fraction of sp³-hybridized carbons (Fsp3) is 0.346. The second-order valence-electron chi connectivity index (χ2n) is 7.87. The van der Waals surface area contributed by atoms with Gasteiger partial charge in [-0.1, -0.05) is 49.6 Å². The van der Waals surface area contributed by atoms with E-state index in [2.05, 4.69) is 87.0 Å². The van der Waals surface area contributed by atoms with E-state index in [1.807, 2.05) is 23.7 Å². The van der Waals surface area contributed by atoms with E-state index in [1.54, 1.807) is 7.11 Å². The Labute approximate surface area is 194 Å². The van der Waals surface area contributed by atoms with Gasteiger partial charge in [0.25, 0.3) is 5.65 Å². The SMILES string of the molecule is CCN(CC)CCn1sc2ccc[n+](CCc3ccc(OC)cc3)c2[nH]c2ccccc21. The predicted molar refractivity (Wildman–Crippen MR) is 134 cm³/mol. The Morgan fingerprint density at radius 1 is 1.00 bits per heavy atom. The van der Waals surface area contributed by atoms with Gasteiger partial charge in [0.15, 0.2) is 0 Å². The number of aryl methyl sites for hydroxylation is 2. The molecule has 0 saturated carbocycles. The summed E-state index contributed by atoms with van der Waals surface area (Å²) in [6.07, 6.45) is 3.13. The minimum absolute atomic E-state index is 0.898. The Bertz CT molecular complexity index is 1200.